The lowest BCUT2D eigenvalue weighted by Crippen LogP contribution is -2.45. The van der Waals surface area contributed by atoms with Gasteiger partial charge in [0.15, 0.2) is 0 Å². The molecule has 31 heavy (non-hydrogen) atoms. The maximum Gasteiger partial charge on any atom is 0.308 e. The van der Waals surface area contributed by atoms with E-state index in [1.165, 1.54) is 14.0 Å². The second-order valence-corrected chi connectivity index (χ2v) is 10.0. The minimum atomic E-state index is -3.79. The molecular formula is C21H25N3O5S2. The van der Waals surface area contributed by atoms with E-state index in [0.717, 1.165) is 37.7 Å². The number of hydrogen-bond acceptors (Lipinski definition) is 6. The molecule has 1 aromatic heterocycles. The predicted octanol–water partition coefficient (Wildman–Crippen LogP) is 3.19. The summed E-state index contributed by atoms with van der Waals surface area (Å²) in [7, 11) is -2.35. The molecule has 0 aliphatic heterocycles. The summed E-state index contributed by atoms with van der Waals surface area (Å²) in [6.07, 6.45) is 1.05. The summed E-state index contributed by atoms with van der Waals surface area (Å²) in [6, 6.07) is 9.29. The lowest BCUT2D eigenvalue weighted by atomic mass is 10.2. The maximum absolute atomic E-state index is 13.0. The Morgan fingerprint density at radius 1 is 1.26 bits per heavy atom. The molecule has 10 heteroatoms. The standard InChI is InChI=1S/C21H25N3O5S2/c1-6-23-16-9-8-15(12-19(16)30-21(23)26)22-20(25)14(3)24(31(5,27)28)17-11-13(2)7-10-18(17)29-4/h7-12,14H,6H2,1-5H3,(H,22,25)/t14-/m1/s1. The van der Waals surface area contributed by atoms with Crippen molar-refractivity contribution in [3.8, 4) is 5.75 Å². The molecule has 0 aliphatic rings. The van der Waals surface area contributed by atoms with Crippen LogP contribution in [0.3, 0.4) is 0 Å². The van der Waals surface area contributed by atoms with Gasteiger partial charge in [0.25, 0.3) is 0 Å². The first kappa shape index (κ1) is 22.8. The Kier molecular flexibility index (Phi) is 6.42. The van der Waals surface area contributed by atoms with Crippen LogP contribution in [-0.4, -0.2) is 38.3 Å². The van der Waals surface area contributed by atoms with E-state index in [1.54, 1.807) is 41.0 Å². The fourth-order valence-corrected chi connectivity index (χ4v) is 5.61. The Bertz CT molecular complexity index is 1290. The van der Waals surface area contributed by atoms with Gasteiger partial charge in [0.05, 0.1) is 29.3 Å². The van der Waals surface area contributed by atoms with Gasteiger partial charge < -0.3 is 10.1 Å². The number of aromatic nitrogens is 1. The van der Waals surface area contributed by atoms with Crippen LogP contribution in [0.4, 0.5) is 11.4 Å². The van der Waals surface area contributed by atoms with Gasteiger partial charge in [-0.3, -0.25) is 18.5 Å². The van der Waals surface area contributed by atoms with Crippen molar-refractivity contribution in [2.24, 2.45) is 0 Å². The molecule has 0 spiro atoms. The van der Waals surface area contributed by atoms with Crippen LogP contribution in [0.1, 0.15) is 19.4 Å². The second-order valence-electron chi connectivity index (χ2n) is 7.19. The van der Waals surface area contributed by atoms with Crippen molar-refractivity contribution in [1.82, 2.24) is 4.57 Å². The van der Waals surface area contributed by atoms with Gasteiger partial charge in [-0.1, -0.05) is 17.4 Å². The van der Waals surface area contributed by atoms with Crippen LogP contribution >= 0.6 is 11.3 Å². The third-order valence-electron chi connectivity index (χ3n) is 4.91. The highest BCUT2D eigenvalue weighted by molar-refractivity contribution is 7.92. The van der Waals surface area contributed by atoms with Crippen molar-refractivity contribution in [3.63, 3.8) is 0 Å². The van der Waals surface area contributed by atoms with E-state index < -0.39 is 22.0 Å². The number of carbonyl (C=O) groups excluding carboxylic acids is 1. The molecule has 1 atom stereocenters. The molecule has 0 fully saturated rings. The average Bonchev–Trinajstić information content (AvgIpc) is 3.01. The van der Waals surface area contributed by atoms with Crippen LogP contribution < -0.4 is 19.2 Å². The van der Waals surface area contributed by atoms with Crippen molar-refractivity contribution < 1.29 is 17.9 Å². The molecule has 8 nitrogen and oxygen atoms in total. The molecule has 0 saturated carbocycles. The zero-order valence-corrected chi connectivity index (χ0v) is 19.6. The summed E-state index contributed by atoms with van der Waals surface area (Å²) >= 11 is 1.10. The minimum Gasteiger partial charge on any atom is -0.495 e. The number of hydrogen-bond donors (Lipinski definition) is 1. The molecular weight excluding hydrogens is 438 g/mol. The third-order valence-corrected chi connectivity index (χ3v) is 7.08. The van der Waals surface area contributed by atoms with E-state index in [-0.39, 0.29) is 4.87 Å². The van der Waals surface area contributed by atoms with Crippen molar-refractivity contribution in [2.75, 3.05) is 23.0 Å². The first-order chi connectivity index (χ1) is 14.6. The molecule has 2 aromatic carbocycles. The van der Waals surface area contributed by atoms with Gasteiger partial charge in [-0.2, -0.15) is 0 Å². The van der Waals surface area contributed by atoms with E-state index >= 15 is 0 Å². The number of sulfonamides is 1. The normalized spacial score (nSPS) is 12.5. The number of anilines is 2. The summed E-state index contributed by atoms with van der Waals surface area (Å²) in [5.41, 5.74) is 2.41. The van der Waals surface area contributed by atoms with Gasteiger partial charge in [-0.15, -0.1) is 0 Å². The highest BCUT2D eigenvalue weighted by atomic mass is 32.2. The van der Waals surface area contributed by atoms with Crippen LogP contribution in [-0.2, 0) is 21.4 Å². The maximum atomic E-state index is 13.0. The summed E-state index contributed by atoms with van der Waals surface area (Å²) in [5, 5.41) is 2.76. The van der Waals surface area contributed by atoms with E-state index in [9.17, 15) is 18.0 Å². The van der Waals surface area contributed by atoms with Crippen LogP contribution in [0, 0.1) is 6.92 Å². The molecule has 3 aromatic rings. The van der Waals surface area contributed by atoms with Crippen LogP contribution in [0.25, 0.3) is 10.2 Å². The summed E-state index contributed by atoms with van der Waals surface area (Å²) in [5.74, 6) is -0.154. The molecule has 0 saturated heterocycles. The van der Waals surface area contributed by atoms with Crippen molar-refractivity contribution in [1.29, 1.82) is 0 Å². The van der Waals surface area contributed by atoms with E-state index in [2.05, 4.69) is 5.32 Å². The number of nitrogens with zero attached hydrogens (tertiary/aromatic N) is 2. The zero-order valence-electron chi connectivity index (χ0n) is 18.0. The summed E-state index contributed by atoms with van der Waals surface area (Å²) in [6.45, 7) is 5.80. The Hall–Kier alpha value is -2.85. The first-order valence-electron chi connectivity index (χ1n) is 9.65. The lowest BCUT2D eigenvalue weighted by Gasteiger charge is -2.29. The molecule has 1 heterocycles. The smallest absolute Gasteiger partial charge is 0.308 e. The molecule has 0 bridgehead atoms. The molecule has 0 aliphatic carbocycles. The Morgan fingerprint density at radius 3 is 2.58 bits per heavy atom. The van der Waals surface area contributed by atoms with Gasteiger partial charge in [0, 0.05) is 12.2 Å². The van der Waals surface area contributed by atoms with Crippen LogP contribution in [0.5, 0.6) is 5.75 Å². The molecule has 0 unspecified atom stereocenters. The number of ether oxygens (including phenoxy) is 1. The summed E-state index contributed by atoms with van der Waals surface area (Å²) in [4.78, 5) is 25.0. The van der Waals surface area contributed by atoms with Gasteiger partial charge in [-0.25, -0.2) is 8.42 Å². The molecule has 0 radical (unpaired) electrons. The number of methoxy groups -OCH3 is 1. The highest BCUT2D eigenvalue weighted by Gasteiger charge is 2.31. The van der Waals surface area contributed by atoms with E-state index in [1.807, 2.05) is 13.8 Å². The molecule has 1 N–H and O–H groups in total. The number of fused-ring (bicyclic) bond motifs is 1. The van der Waals surface area contributed by atoms with Crippen molar-refractivity contribution in [3.05, 3.63) is 51.6 Å². The fourth-order valence-electron chi connectivity index (χ4n) is 3.44. The fraction of sp³-hybridized carbons (Fsp3) is 0.333. The molecule has 1 amide bonds. The van der Waals surface area contributed by atoms with E-state index in [0.29, 0.717) is 23.7 Å². The van der Waals surface area contributed by atoms with Crippen LogP contribution in [0.15, 0.2) is 41.2 Å². The van der Waals surface area contributed by atoms with Crippen LogP contribution in [0.2, 0.25) is 0 Å². The number of aryl methyl sites for hydroxylation is 2. The largest absolute Gasteiger partial charge is 0.495 e. The van der Waals surface area contributed by atoms with Gasteiger partial charge >= 0.3 is 4.87 Å². The topological polar surface area (TPSA) is 97.7 Å². The van der Waals surface area contributed by atoms with Crippen molar-refractivity contribution in [2.45, 2.75) is 33.4 Å². The SMILES string of the molecule is CCn1c(=O)sc2cc(NC(=O)[C@@H](C)N(c3cc(C)ccc3OC)S(C)(=O)=O)ccc21. The molecule has 166 valence electrons. The minimum absolute atomic E-state index is 0.0656. The number of nitrogens with one attached hydrogen (secondary N) is 1. The number of carbonyl (C=O) groups is 1. The van der Waals surface area contributed by atoms with Crippen molar-refractivity contribution >= 4 is 48.9 Å². The Balaban J connectivity index is 1.95. The van der Waals surface area contributed by atoms with Gasteiger partial charge in [-0.05, 0) is 56.7 Å². The third kappa shape index (κ3) is 4.59. The molecule has 3 rings (SSSR count). The predicted molar refractivity (Wildman–Crippen MR) is 125 cm³/mol. The van der Waals surface area contributed by atoms with E-state index in [4.69, 9.17) is 4.74 Å². The first-order valence-corrected chi connectivity index (χ1v) is 12.3. The highest BCUT2D eigenvalue weighted by Crippen LogP contribution is 2.33. The van der Waals surface area contributed by atoms with Gasteiger partial charge in [0.2, 0.25) is 15.9 Å². The number of amides is 1. The average molecular weight is 464 g/mol. The number of benzene rings is 2. The monoisotopic (exact) mass is 463 g/mol. The summed E-state index contributed by atoms with van der Waals surface area (Å²) < 4.78 is 34.0. The lowest BCUT2D eigenvalue weighted by molar-refractivity contribution is -0.116. The second kappa shape index (κ2) is 8.72. The quantitative estimate of drug-likeness (QED) is 0.580. The number of thiazole rings is 1. The Morgan fingerprint density at radius 2 is 1.97 bits per heavy atom. The number of rotatable bonds is 7. The Labute approximate surface area is 185 Å². The zero-order chi connectivity index (χ0) is 22.9. The van der Waals surface area contributed by atoms with Gasteiger partial charge in [0.1, 0.15) is 11.8 Å².